The lowest BCUT2D eigenvalue weighted by atomic mass is 10.0. The SMILES string of the molecule is C[Si](C)(C)c1ccc2c(c1)CC(=O)N2C1CCN(C(=O)OCc2ccccc2)CC1. The molecular formula is C24H30N2O3Si. The first-order valence-corrected chi connectivity index (χ1v) is 14.2. The zero-order valence-electron chi connectivity index (χ0n) is 18.1. The molecule has 4 rings (SSSR count). The smallest absolute Gasteiger partial charge is 0.410 e. The summed E-state index contributed by atoms with van der Waals surface area (Å²) in [4.78, 5) is 29.0. The van der Waals surface area contributed by atoms with Crippen LogP contribution in [0.1, 0.15) is 24.0 Å². The van der Waals surface area contributed by atoms with Gasteiger partial charge < -0.3 is 14.5 Å². The highest BCUT2D eigenvalue weighted by Gasteiger charge is 2.36. The number of hydrogen-bond donors (Lipinski definition) is 0. The number of benzene rings is 2. The average Bonchev–Trinajstić information content (AvgIpc) is 3.07. The number of likely N-dealkylation sites (tertiary alicyclic amines) is 1. The van der Waals surface area contributed by atoms with Gasteiger partial charge in [0.15, 0.2) is 0 Å². The first-order chi connectivity index (χ1) is 14.3. The lowest BCUT2D eigenvalue weighted by Gasteiger charge is -2.36. The van der Waals surface area contributed by atoms with Gasteiger partial charge in [-0.15, -0.1) is 0 Å². The maximum Gasteiger partial charge on any atom is 0.410 e. The second-order valence-electron chi connectivity index (χ2n) is 9.29. The first-order valence-electron chi connectivity index (χ1n) is 10.7. The van der Waals surface area contributed by atoms with Crippen molar-refractivity contribution < 1.29 is 14.3 Å². The van der Waals surface area contributed by atoms with Crippen molar-refractivity contribution in [3.8, 4) is 0 Å². The molecule has 0 aliphatic carbocycles. The highest BCUT2D eigenvalue weighted by atomic mass is 28.3. The molecule has 5 nitrogen and oxygen atoms in total. The third-order valence-corrected chi connectivity index (χ3v) is 8.15. The van der Waals surface area contributed by atoms with Crippen molar-refractivity contribution in [2.24, 2.45) is 0 Å². The number of hydrogen-bond acceptors (Lipinski definition) is 3. The van der Waals surface area contributed by atoms with Crippen LogP contribution in [0.25, 0.3) is 0 Å². The number of amides is 2. The minimum Gasteiger partial charge on any atom is -0.445 e. The molecule has 0 N–H and O–H groups in total. The zero-order valence-corrected chi connectivity index (χ0v) is 19.1. The van der Waals surface area contributed by atoms with Crippen LogP contribution in [-0.4, -0.2) is 44.1 Å². The van der Waals surface area contributed by atoms with Crippen LogP contribution in [0.5, 0.6) is 0 Å². The van der Waals surface area contributed by atoms with Gasteiger partial charge in [-0.3, -0.25) is 4.79 Å². The molecule has 1 fully saturated rings. The van der Waals surface area contributed by atoms with E-state index in [9.17, 15) is 9.59 Å². The quantitative estimate of drug-likeness (QED) is 0.702. The van der Waals surface area contributed by atoms with Gasteiger partial charge in [0.1, 0.15) is 6.61 Å². The lowest BCUT2D eigenvalue weighted by Crippen LogP contribution is -2.48. The molecule has 2 aliphatic heterocycles. The van der Waals surface area contributed by atoms with Crippen molar-refractivity contribution in [2.75, 3.05) is 18.0 Å². The fourth-order valence-corrected chi connectivity index (χ4v) is 5.52. The molecule has 1 saturated heterocycles. The molecule has 6 heteroatoms. The molecule has 0 saturated carbocycles. The van der Waals surface area contributed by atoms with Gasteiger partial charge in [-0.25, -0.2) is 4.79 Å². The standard InChI is InChI=1S/C24H30N2O3Si/c1-30(2,3)21-9-10-22-19(15-21)16-23(27)26(22)20-11-13-25(14-12-20)24(28)29-17-18-7-5-4-6-8-18/h4-10,15,20H,11-14,16-17H2,1-3H3. The summed E-state index contributed by atoms with van der Waals surface area (Å²) in [6, 6.07) is 16.4. The van der Waals surface area contributed by atoms with Crippen molar-refractivity contribution in [3.05, 3.63) is 59.7 Å². The molecule has 0 aromatic heterocycles. The van der Waals surface area contributed by atoms with Crippen molar-refractivity contribution in [3.63, 3.8) is 0 Å². The monoisotopic (exact) mass is 422 g/mol. The van der Waals surface area contributed by atoms with Crippen molar-refractivity contribution >= 4 is 30.9 Å². The van der Waals surface area contributed by atoms with Crippen LogP contribution in [-0.2, 0) is 22.6 Å². The van der Waals surface area contributed by atoms with E-state index in [1.807, 2.05) is 35.2 Å². The van der Waals surface area contributed by atoms with Crippen LogP contribution in [0.2, 0.25) is 19.6 Å². The topological polar surface area (TPSA) is 49.9 Å². The van der Waals surface area contributed by atoms with Gasteiger partial charge >= 0.3 is 6.09 Å². The van der Waals surface area contributed by atoms with Crippen molar-refractivity contribution in [1.29, 1.82) is 0 Å². The number of anilines is 1. The third-order valence-electron chi connectivity index (χ3n) is 6.11. The molecule has 2 heterocycles. The Bertz CT molecular complexity index is 931. The summed E-state index contributed by atoms with van der Waals surface area (Å²) < 4.78 is 5.46. The first kappa shape index (κ1) is 20.7. The van der Waals surface area contributed by atoms with Crippen molar-refractivity contribution in [1.82, 2.24) is 4.90 Å². The van der Waals surface area contributed by atoms with Crippen LogP contribution >= 0.6 is 0 Å². The zero-order chi connectivity index (χ0) is 21.3. The van der Waals surface area contributed by atoms with E-state index in [1.165, 1.54) is 5.19 Å². The molecule has 2 amide bonds. The molecule has 0 spiro atoms. The molecule has 30 heavy (non-hydrogen) atoms. The molecule has 0 bridgehead atoms. The largest absolute Gasteiger partial charge is 0.445 e. The Balaban J connectivity index is 1.36. The van der Waals surface area contributed by atoms with Gasteiger partial charge in [0.05, 0.1) is 14.5 Å². The van der Waals surface area contributed by atoms with Gasteiger partial charge in [-0.1, -0.05) is 67.3 Å². The normalized spacial score (nSPS) is 17.2. The highest BCUT2D eigenvalue weighted by molar-refractivity contribution is 6.88. The second kappa shape index (κ2) is 8.26. The van der Waals surface area contributed by atoms with E-state index in [1.54, 1.807) is 4.90 Å². The fourth-order valence-electron chi connectivity index (χ4n) is 4.33. The molecule has 0 radical (unpaired) electrons. The number of nitrogens with zero attached hydrogens (tertiary/aromatic N) is 2. The molecule has 2 aromatic rings. The Morgan fingerprint density at radius 1 is 1.07 bits per heavy atom. The predicted octanol–water partition coefficient (Wildman–Crippen LogP) is 3.92. The number of rotatable bonds is 4. The average molecular weight is 423 g/mol. The molecule has 2 aliphatic rings. The highest BCUT2D eigenvalue weighted by Crippen LogP contribution is 2.33. The summed E-state index contributed by atoms with van der Waals surface area (Å²) in [5, 5.41) is 1.40. The number of carbonyl (C=O) groups is 2. The second-order valence-corrected chi connectivity index (χ2v) is 14.4. The summed E-state index contributed by atoms with van der Waals surface area (Å²) in [5.41, 5.74) is 3.20. The predicted molar refractivity (Wildman–Crippen MR) is 122 cm³/mol. The van der Waals surface area contributed by atoms with Crippen LogP contribution in [0.15, 0.2) is 48.5 Å². The maximum absolute atomic E-state index is 12.8. The lowest BCUT2D eigenvalue weighted by molar-refractivity contribution is -0.118. The minimum absolute atomic E-state index is 0.148. The molecule has 158 valence electrons. The van der Waals surface area contributed by atoms with E-state index < -0.39 is 8.07 Å². The van der Waals surface area contributed by atoms with E-state index >= 15 is 0 Å². The summed E-state index contributed by atoms with van der Waals surface area (Å²) in [6.07, 6.45) is 1.78. The summed E-state index contributed by atoms with van der Waals surface area (Å²) in [5.74, 6) is 0.183. The Labute approximate surface area is 179 Å². The maximum atomic E-state index is 12.8. The molecule has 2 aromatic carbocycles. The number of carbonyl (C=O) groups excluding carboxylic acids is 2. The van der Waals surface area contributed by atoms with E-state index in [0.717, 1.165) is 29.7 Å². The minimum atomic E-state index is -1.40. The fraction of sp³-hybridized carbons (Fsp3) is 0.417. The number of fused-ring (bicyclic) bond motifs is 1. The van der Waals surface area contributed by atoms with Gasteiger partial charge in [-0.2, -0.15) is 0 Å². The number of ether oxygens (including phenoxy) is 1. The summed E-state index contributed by atoms with van der Waals surface area (Å²) >= 11 is 0. The Morgan fingerprint density at radius 2 is 1.77 bits per heavy atom. The summed E-state index contributed by atoms with van der Waals surface area (Å²) in [7, 11) is -1.40. The Hall–Kier alpha value is -2.60. The molecule has 0 unspecified atom stereocenters. The molecule has 0 atom stereocenters. The number of piperidine rings is 1. The Morgan fingerprint density at radius 3 is 2.43 bits per heavy atom. The van der Waals surface area contributed by atoms with E-state index in [2.05, 4.69) is 37.8 Å². The van der Waals surface area contributed by atoms with Gasteiger partial charge in [-0.05, 0) is 30.0 Å². The van der Waals surface area contributed by atoms with Crippen LogP contribution in [0.4, 0.5) is 10.5 Å². The third kappa shape index (κ3) is 4.28. The van der Waals surface area contributed by atoms with Gasteiger partial charge in [0.2, 0.25) is 5.91 Å². The van der Waals surface area contributed by atoms with Crippen LogP contribution in [0, 0.1) is 0 Å². The van der Waals surface area contributed by atoms with Crippen LogP contribution < -0.4 is 10.1 Å². The van der Waals surface area contributed by atoms with E-state index in [-0.39, 0.29) is 24.6 Å². The van der Waals surface area contributed by atoms with Gasteiger partial charge in [0.25, 0.3) is 0 Å². The van der Waals surface area contributed by atoms with E-state index in [0.29, 0.717) is 19.5 Å². The molecular weight excluding hydrogens is 392 g/mol. The Kier molecular flexibility index (Phi) is 5.69. The van der Waals surface area contributed by atoms with Crippen LogP contribution in [0.3, 0.4) is 0 Å². The van der Waals surface area contributed by atoms with E-state index in [4.69, 9.17) is 4.74 Å². The summed E-state index contributed by atoms with van der Waals surface area (Å²) in [6.45, 7) is 8.51. The van der Waals surface area contributed by atoms with Gasteiger partial charge in [0, 0.05) is 24.8 Å². The van der Waals surface area contributed by atoms with Crippen molar-refractivity contribution in [2.45, 2.75) is 51.6 Å².